The van der Waals surface area contributed by atoms with Gasteiger partial charge in [-0.2, -0.15) is 0 Å². The topological polar surface area (TPSA) is 40.6 Å². The average Bonchev–Trinajstić information content (AvgIpc) is 2.40. The molecule has 0 aliphatic rings. The summed E-state index contributed by atoms with van der Waals surface area (Å²) in [7, 11) is 1.65. The molecule has 0 N–H and O–H groups in total. The van der Waals surface area contributed by atoms with Crippen LogP contribution < -0.4 is 9.47 Å². The van der Waals surface area contributed by atoms with Gasteiger partial charge in [0.1, 0.15) is 23.4 Å². The van der Waals surface area contributed by atoms with E-state index in [4.69, 9.17) is 14.2 Å². The molecule has 1 atom stereocenters. The smallest absolute Gasteiger partial charge is 0.149 e. The number of hydrogen-bond acceptors (Lipinski definition) is 4. The lowest BCUT2D eigenvalue weighted by atomic mass is 10.3. The van der Waals surface area contributed by atoms with Crippen LogP contribution in [0.5, 0.6) is 17.2 Å². The number of methoxy groups -OCH3 is 1. The molecule has 19 heavy (non-hydrogen) atoms. The first kappa shape index (κ1) is 13.4. The first-order valence-electron chi connectivity index (χ1n) is 6.11. The van der Waals surface area contributed by atoms with Crippen molar-refractivity contribution in [1.29, 1.82) is 0 Å². The molecule has 1 aromatic carbocycles. The molecular weight excluding hydrogens is 242 g/mol. The number of pyridine rings is 1. The van der Waals surface area contributed by atoms with Crippen molar-refractivity contribution in [2.45, 2.75) is 13.0 Å². The molecule has 100 valence electrons. The van der Waals surface area contributed by atoms with E-state index in [1.807, 2.05) is 43.3 Å². The van der Waals surface area contributed by atoms with Gasteiger partial charge in [-0.3, -0.25) is 4.98 Å². The first-order chi connectivity index (χ1) is 9.28. The number of aromatic nitrogens is 1. The van der Waals surface area contributed by atoms with Crippen molar-refractivity contribution in [2.24, 2.45) is 0 Å². The Morgan fingerprint density at radius 3 is 2.53 bits per heavy atom. The normalized spacial score (nSPS) is 11.9. The van der Waals surface area contributed by atoms with E-state index in [0.29, 0.717) is 18.1 Å². The third-order valence-corrected chi connectivity index (χ3v) is 2.41. The fourth-order valence-electron chi connectivity index (χ4n) is 1.64. The van der Waals surface area contributed by atoms with Gasteiger partial charge >= 0.3 is 0 Å². The predicted octanol–water partition coefficient (Wildman–Crippen LogP) is 3.29. The number of rotatable bonds is 6. The van der Waals surface area contributed by atoms with Crippen LogP contribution >= 0.6 is 0 Å². The van der Waals surface area contributed by atoms with E-state index in [-0.39, 0.29) is 6.10 Å². The van der Waals surface area contributed by atoms with Crippen molar-refractivity contribution >= 4 is 0 Å². The monoisotopic (exact) mass is 259 g/mol. The van der Waals surface area contributed by atoms with Crippen molar-refractivity contribution < 1.29 is 14.2 Å². The van der Waals surface area contributed by atoms with Gasteiger partial charge in [0.05, 0.1) is 19.0 Å². The number of nitrogens with zero attached hydrogens (tertiary/aromatic N) is 1. The van der Waals surface area contributed by atoms with E-state index in [9.17, 15) is 0 Å². The zero-order valence-electron chi connectivity index (χ0n) is 11.1. The van der Waals surface area contributed by atoms with E-state index in [2.05, 4.69) is 4.98 Å². The zero-order chi connectivity index (χ0) is 13.5. The summed E-state index contributed by atoms with van der Waals surface area (Å²) in [5.41, 5.74) is 0. The fraction of sp³-hybridized carbons (Fsp3) is 0.267. The van der Waals surface area contributed by atoms with Crippen LogP contribution in [0.3, 0.4) is 0 Å². The molecule has 4 nitrogen and oxygen atoms in total. The SMILES string of the molecule is COCC(C)Oc1cncc(Oc2ccccc2)c1. The maximum atomic E-state index is 5.69. The molecule has 2 rings (SSSR count). The van der Waals surface area contributed by atoms with Crippen LogP contribution in [0, 0.1) is 0 Å². The van der Waals surface area contributed by atoms with Crippen molar-refractivity contribution in [1.82, 2.24) is 4.98 Å². The van der Waals surface area contributed by atoms with Crippen LogP contribution in [0.1, 0.15) is 6.92 Å². The van der Waals surface area contributed by atoms with Crippen LogP contribution in [0.2, 0.25) is 0 Å². The molecule has 4 heteroatoms. The molecule has 0 fully saturated rings. The van der Waals surface area contributed by atoms with Gasteiger partial charge in [0.2, 0.25) is 0 Å². The van der Waals surface area contributed by atoms with Crippen molar-refractivity contribution in [2.75, 3.05) is 13.7 Å². The van der Waals surface area contributed by atoms with Crippen molar-refractivity contribution in [3.05, 3.63) is 48.8 Å². The molecule has 0 aliphatic carbocycles. The molecule has 0 saturated carbocycles. The number of hydrogen-bond donors (Lipinski definition) is 0. The summed E-state index contributed by atoms with van der Waals surface area (Å²) in [4.78, 5) is 4.10. The van der Waals surface area contributed by atoms with E-state index < -0.39 is 0 Å². The molecule has 2 aromatic rings. The van der Waals surface area contributed by atoms with Gasteiger partial charge < -0.3 is 14.2 Å². The Balaban J connectivity index is 2.03. The van der Waals surface area contributed by atoms with Gasteiger partial charge in [-0.25, -0.2) is 0 Å². The van der Waals surface area contributed by atoms with E-state index in [1.54, 1.807) is 19.5 Å². The summed E-state index contributed by atoms with van der Waals surface area (Å²) in [5, 5.41) is 0. The standard InChI is InChI=1S/C15H17NO3/c1-12(11-17-2)18-14-8-15(10-16-9-14)19-13-6-4-3-5-7-13/h3-10,12H,11H2,1-2H3. The van der Waals surface area contributed by atoms with Gasteiger partial charge in [-0.1, -0.05) is 18.2 Å². The summed E-state index contributed by atoms with van der Waals surface area (Å²) in [6.07, 6.45) is 3.28. The highest BCUT2D eigenvalue weighted by Gasteiger charge is 2.05. The van der Waals surface area contributed by atoms with Gasteiger partial charge in [-0.15, -0.1) is 0 Å². The molecule has 0 radical (unpaired) electrons. The molecule has 0 bridgehead atoms. The summed E-state index contributed by atoms with van der Waals surface area (Å²) in [6.45, 7) is 2.47. The van der Waals surface area contributed by atoms with Gasteiger partial charge in [0.15, 0.2) is 0 Å². The lowest BCUT2D eigenvalue weighted by Crippen LogP contribution is -2.17. The second-order valence-corrected chi connectivity index (χ2v) is 4.16. The second kappa shape index (κ2) is 6.75. The van der Waals surface area contributed by atoms with E-state index in [1.165, 1.54) is 0 Å². The maximum Gasteiger partial charge on any atom is 0.149 e. The lowest BCUT2D eigenvalue weighted by molar-refractivity contribution is 0.0917. The molecule has 0 saturated heterocycles. The maximum absolute atomic E-state index is 5.69. The Labute approximate surface area is 113 Å². The van der Waals surface area contributed by atoms with Crippen LogP contribution in [0.15, 0.2) is 48.8 Å². The number of para-hydroxylation sites is 1. The Kier molecular flexibility index (Phi) is 4.75. The second-order valence-electron chi connectivity index (χ2n) is 4.16. The minimum Gasteiger partial charge on any atom is -0.487 e. The molecule has 0 amide bonds. The van der Waals surface area contributed by atoms with Gasteiger partial charge in [0, 0.05) is 13.2 Å². The minimum absolute atomic E-state index is 0.0289. The summed E-state index contributed by atoms with van der Waals surface area (Å²) < 4.78 is 16.4. The molecule has 0 aliphatic heterocycles. The highest BCUT2D eigenvalue weighted by atomic mass is 16.5. The van der Waals surface area contributed by atoms with Gasteiger partial charge in [0.25, 0.3) is 0 Å². The third kappa shape index (κ3) is 4.26. The Morgan fingerprint density at radius 2 is 1.79 bits per heavy atom. The van der Waals surface area contributed by atoms with Crippen molar-refractivity contribution in [3.63, 3.8) is 0 Å². The summed E-state index contributed by atoms with van der Waals surface area (Å²) in [5.74, 6) is 2.08. The average molecular weight is 259 g/mol. The highest BCUT2D eigenvalue weighted by Crippen LogP contribution is 2.24. The summed E-state index contributed by atoms with van der Waals surface area (Å²) in [6, 6.07) is 11.4. The van der Waals surface area contributed by atoms with Crippen LogP contribution in [-0.4, -0.2) is 24.8 Å². The van der Waals surface area contributed by atoms with E-state index in [0.717, 1.165) is 5.75 Å². The quantitative estimate of drug-likeness (QED) is 0.798. The summed E-state index contributed by atoms with van der Waals surface area (Å²) >= 11 is 0. The van der Waals surface area contributed by atoms with Crippen LogP contribution in [0.4, 0.5) is 0 Å². The largest absolute Gasteiger partial charge is 0.487 e. The van der Waals surface area contributed by atoms with E-state index >= 15 is 0 Å². The number of ether oxygens (including phenoxy) is 3. The molecular formula is C15H17NO3. The Morgan fingerprint density at radius 1 is 1.05 bits per heavy atom. The van der Waals surface area contributed by atoms with Crippen LogP contribution in [0.25, 0.3) is 0 Å². The minimum atomic E-state index is -0.0289. The third-order valence-electron chi connectivity index (χ3n) is 2.41. The predicted molar refractivity (Wildman–Crippen MR) is 72.7 cm³/mol. The lowest BCUT2D eigenvalue weighted by Gasteiger charge is -2.14. The number of benzene rings is 1. The fourth-order valence-corrected chi connectivity index (χ4v) is 1.64. The molecule has 1 aromatic heterocycles. The molecule has 1 heterocycles. The van der Waals surface area contributed by atoms with Gasteiger partial charge in [-0.05, 0) is 19.1 Å². The Bertz CT molecular complexity index is 502. The zero-order valence-corrected chi connectivity index (χ0v) is 11.1. The first-order valence-corrected chi connectivity index (χ1v) is 6.11. The Hall–Kier alpha value is -2.07. The molecule has 0 spiro atoms. The highest BCUT2D eigenvalue weighted by molar-refractivity contribution is 5.33. The van der Waals surface area contributed by atoms with Crippen LogP contribution in [-0.2, 0) is 4.74 Å². The van der Waals surface area contributed by atoms with Crippen molar-refractivity contribution in [3.8, 4) is 17.2 Å². The molecule has 1 unspecified atom stereocenters.